The Kier molecular flexibility index (Phi) is 6.77. The van der Waals surface area contributed by atoms with Crippen LogP contribution in [0.2, 0.25) is 0 Å². The van der Waals surface area contributed by atoms with Crippen LogP contribution < -0.4 is 5.32 Å². The predicted octanol–water partition coefficient (Wildman–Crippen LogP) is 1.97. The van der Waals surface area contributed by atoms with Crippen molar-refractivity contribution in [3.8, 4) is 0 Å². The van der Waals surface area contributed by atoms with Crippen LogP contribution in [0.1, 0.15) is 31.7 Å². The molecule has 0 saturated carbocycles. The van der Waals surface area contributed by atoms with Gasteiger partial charge in [-0.25, -0.2) is 0 Å². The smallest absolute Gasteiger partial charge is 0.0434 e. The fraction of sp³-hybridized carbons (Fsp3) is 0.615. The number of aliphatic hydroxyl groups is 1. The Balaban J connectivity index is 2.22. The molecule has 16 heavy (non-hydrogen) atoms. The van der Waals surface area contributed by atoms with E-state index in [0.29, 0.717) is 12.5 Å². The van der Waals surface area contributed by atoms with Crippen molar-refractivity contribution < 1.29 is 5.11 Å². The predicted molar refractivity (Wildman–Crippen MR) is 66.0 cm³/mol. The molecule has 1 heterocycles. The first kappa shape index (κ1) is 13.1. The molecule has 1 atom stereocenters. The fourth-order valence-corrected chi connectivity index (χ4v) is 1.86. The lowest BCUT2D eigenvalue weighted by atomic mass is 10.0. The van der Waals surface area contributed by atoms with E-state index in [4.69, 9.17) is 5.11 Å². The Hall–Kier alpha value is -0.930. The number of hydrogen-bond donors (Lipinski definition) is 2. The molecule has 0 aromatic carbocycles. The third-order valence-electron chi connectivity index (χ3n) is 2.75. The van der Waals surface area contributed by atoms with Crippen LogP contribution in [0.4, 0.5) is 0 Å². The molecule has 3 nitrogen and oxygen atoms in total. The number of rotatable bonds is 8. The van der Waals surface area contributed by atoms with Crippen LogP contribution in [-0.2, 0) is 6.54 Å². The molecule has 0 spiro atoms. The van der Waals surface area contributed by atoms with Crippen LogP contribution in [-0.4, -0.2) is 23.2 Å². The molecule has 1 rings (SSSR count). The number of pyridine rings is 1. The second kappa shape index (κ2) is 8.25. The highest BCUT2D eigenvalue weighted by Crippen LogP contribution is 2.09. The zero-order chi connectivity index (χ0) is 11.6. The first-order valence-electron chi connectivity index (χ1n) is 6.07. The van der Waals surface area contributed by atoms with E-state index >= 15 is 0 Å². The molecule has 1 aromatic heterocycles. The van der Waals surface area contributed by atoms with Crippen LogP contribution in [0.25, 0.3) is 0 Å². The lowest BCUT2D eigenvalue weighted by molar-refractivity contribution is 0.248. The summed E-state index contributed by atoms with van der Waals surface area (Å²) in [6.07, 6.45) is 6.89. The third-order valence-corrected chi connectivity index (χ3v) is 2.75. The zero-order valence-corrected chi connectivity index (χ0v) is 10.0. The number of nitrogens with zero attached hydrogens (tertiary/aromatic N) is 1. The van der Waals surface area contributed by atoms with E-state index in [-0.39, 0.29) is 0 Å². The summed E-state index contributed by atoms with van der Waals surface area (Å²) in [4.78, 5) is 3.99. The van der Waals surface area contributed by atoms with E-state index in [1.165, 1.54) is 18.4 Å². The van der Waals surface area contributed by atoms with Gasteiger partial charge < -0.3 is 10.4 Å². The van der Waals surface area contributed by atoms with Crippen LogP contribution in [0, 0.1) is 5.92 Å². The van der Waals surface area contributed by atoms with Gasteiger partial charge in [-0.15, -0.1) is 0 Å². The van der Waals surface area contributed by atoms with Crippen LogP contribution in [0.5, 0.6) is 0 Å². The minimum absolute atomic E-state index is 0.293. The Morgan fingerprint density at radius 2 is 2.06 bits per heavy atom. The summed E-state index contributed by atoms with van der Waals surface area (Å²) >= 11 is 0. The van der Waals surface area contributed by atoms with Crippen molar-refractivity contribution in [1.82, 2.24) is 10.3 Å². The first-order chi connectivity index (χ1) is 7.86. The molecule has 1 unspecified atom stereocenters. The minimum atomic E-state index is 0.293. The van der Waals surface area contributed by atoms with Gasteiger partial charge in [0.25, 0.3) is 0 Å². The molecule has 0 aliphatic heterocycles. The average Bonchev–Trinajstić information content (AvgIpc) is 2.31. The van der Waals surface area contributed by atoms with Gasteiger partial charge in [0.15, 0.2) is 0 Å². The maximum Gasteiger partial charge on any atom is 0.0434 e. The summed E-state index contributed by atoms with van der Waals surface area (Å²) in [5.41, 5.74) is 1.26. The second-order valence-electron chi connectivity index (χ2n) is 4.15. The molecule has 0 saturated heterocycles. The van der Waals surface area contributed by atoms with Crippen molar-refractivity contribution in [2.24, 2.45) is 5.92 Å². The highest BCUT2D eigenvalue weighted by atomic mass is 16.3. The maximum atomic E-state index is 8.94. The van der Waals surface area contributed by atoms with Gasteiger partial charge in [0.2, 0.25) is 0 Å². The van der Waals surface area contributed by atoms with Gasteiger partial charge in [-0.3, -0.25) is 4.98 Å². The summed E-state index contributed by atoms with van der Waals surface area (Å²) in [7, 11) is 0. The standard InChI is InChI=1S/C13H22N2O/c1-2-3-12(6-9-16)10-15-11-13-4-7-14-8-5-13/h4-5,7-8,12,15-16H,2-3,6,9-11H2,1H3. The van der Waals surface area contributed by atoms with Gasteiger partial charge in [0, 0.05) is 25.5 Å². The van der Waals surface area contributed by atoms with Crippen molar-refractivity contribution in [2.45, 2.75) is 32.7 Å². The minimum Gasteiger partial charge on any atom is -0.396 e. The first-order valence-corrected chi connectivity index (χ1v) is 6.07. The molecule has 0 amide bonds. The van der Waals surface area contributed by atoms with Gasteiger partial charge in [-0.05, 0) is 43.0 Å². The molecule has 0 fully saturated rings. The number of aromatic nitrogens is 1. The van der Waals surface area contributed by atoms with Crippen LogP contribution in [0.3, 0.4) is 0 Å². The summed E-state index contributed by atoms with van der Waals surface area (Å²) in [6, 6.07) is 4.04. The monoisotopic (exact) mass is 222 g/mol. The molecule has 0 aliphatic rings. The molecule has 0 bridgehead atoms. The summed E-state index contributed by atoms with van der Waals surface area (Å²) < 4.78 is 0. The summed E-state index contributed by atoms with van der Waals surface area (Å²) in [5.74, 6) is 0.594. The average molecular weight is 222 g/mol. The molecular weight excluding hydrogens is 200 g/mol. The Labute approximate surface area is 97.9 Å². The topological polar surface area (TPSA) is 45.1 Å². The molecule has 0 aliphatic carbocycles. The van der Waals surface area contributed by atoms with Gasteiger partial charge >= 0.3 is 0 Å². The van der Waals surface area contributed by atoms with Crippen LogP contribution in [0.15, 0.2) is 24.5 Å². The van der Waals surface area contributed by atoms with Crippen molar-refractivity contribution >= 4 is 0 Å². The molecule has 1 aromatic rings. The highest BCUT2D eigenvalue weighted by molar-refractivity contribution is 5.08. The highest BCUT2D eigenvalue weighted by Gasteiger charge is 2.06. The lowest BCUT2D eigenvalue weighted by Gasteiger charge is -2.15. The summed E-state index contributed by atoms with van der Waals surface area (Å²) in [6.45, 7) is 4.35. The maximum absolute atomic E-state index is 8.94. The number of hydrogen-bond acceptors (Lipinski definition) is 3. The quantitative estimate of drug-likeness (QED) is 0.707. The molecule has 2 N–H and O–H groups in total. The summed E-state index contributed by atoms with van der Waals surface area (Å²) in [5, 5.41) is 12.4. The van der Waals surface area contributed by atoms with Crippen molar-refractivity contribution in [1.29, 1.82) is 0 Å². The van der Waals surface area contributed by atoms with E-state index < -0.39 is 0 Å². The van der Waals surface area contributed by atoms with E-state index in [1.807, 2.05) is 24.5 Å². The van der Waals surface area contributed by atoms with Crippen molar-refractivity contribution in [2.75, 3.05) is 13.2 Å². The van der Waals surface area contributed by atoms with E-state index in [9.17, 15) is 0 Å². The molecule has 90 valence electrons. The SMILES string of the molecule is CCCC(CCO)CNCc1ccncc1. The molecule has 0 radical (unpaired) electrons. The van der Waals surface area contributed by atoms with Crippen LogP contribution >= 0.6 is 0 Å². The van der Waals surface area contributed by atoms with E-state index in [0.717, 1.165) is 19.5 Å². The van der Waals surface area contributed by atoms with Gasteiger partial charge in [-0.2, -0.15) is 0 Å². The number of aliphatic hydroxyl groups excluding tert-OH is 1. The Bertz CT molecular complexity index is 258. The Morgan fingerprint density at radius 3 is 2.69 bits per heavy atom. The van der Waals surface area contributed by atoms with E-state index in [1.54, 1.807) is 0 Å². The number of nitrogens with one attached hydrogen (secondary N) is 1. The van der Waals surface area contributed by atoms with Crippen molar-refractivity contribution in [3.05, 3.63) is 30.1 Å². The third kappa shape index (κ3) is 5.24. The Morgan fingerprint density at radius 1 is 1.31 bits per heavy atom. The van der Waals surface area contributed by atoms with E-state index in [2.05, 4.69) is 17.2 Å². The second-order valence-corrected chi connectivity index (χ2v) is 4.15. The zero-order valence-electron chi connectivity index (χ0n) is 10.0. The van der Waals surface area contributed by atoms with Gasteiger partial charge in [0.1, 0.15) is 0 Å². The van der Waals surface area contributed by atoms with Gasteiger partial charge in [0.05, 0.1) is 0 Å². The molecular formula is C13H22N2O. The largest absolute Gasteiger partial charge is 0.396 e. The van der Waals surface area contributed by atoms with Gasteiger partial charge in [-0.1, -0.05) is 13.3 Å². The normalized spacial score (nSPS) is 12.6. The molecule has 3 heteroatoms. The van der Waals surface area contributed by atoms with Crippen molar-refractivity contribution in [3.63, 3.8) is 0 Å². The fourth-order valence-electron chi connectivity index (χ4n) is 1.86. The lowest BCUT2D eigenvalue weighted by Crippen LogP contribution is -2.23.